The second-order valence-corrected chi connectivity index (χ2v) is 29.2. The number of aliphatic carboxylic acids is 1. The summed E-state index contributed by atoms with van der Waals surface area (Å²) in [5.41, 5.74) is -1.25. The summed E-state index contributed by atoms with van der Waals surface area (Å²) < 4.78 is 52.6. The molecule has 408 valence electrons. The zero-order valence-electron chi connectivity index (χ0n) is 43.6. The summed E-state index contributed by atoms with van der Waals surface area (Å²) in [6.07, 6.45) is 15.4. The highest BCUT2D eigenvalue weighted by Crippen LogP contribution is 2.70. The molecule has 2 amide bonds. The van der Waals surface area contributed by atoms with Crippen molar-refractivity contribution in [2.75, 3.05) is 24.6 Å². The fourth-order valence-corrected chi connectivity index (χ4v) is 19.3. The van der Waals surface area contributed by atoms with E-state index in [-0.39, 0.29) is 89.2 Å². The van der Waals surface area contributed by atoms with Crippen LogP contribution in [0.2, 0.25) is 0 Å². The fourth-order valence-electron chi connectivity index (χ4n) is 18.5. The van der Waals surface area contributed by atoms with Gasteiger partial charge in [0.25, 0.3) is 10.1 Å². The van der Waals surface area contributed by atoms with Crippen LogP contribution in [-0.4, -0.2) is 113 Å². The van der Waals surface area contributed by atoms with E-state index in [1.165, 1.54) is 6.42 Å². The Morgan fingerprint density at radius 1 is 0.606 bits per heavy atom. The van der Waals surface area contributed by atoms with Crippen LogP contribution < -0.4 is 15.8 Å². The predicted octanol–water partition coefficient (Wildman–Crippen LogP) is 5.65. The van der Waals surface area contributed by atoms with E-state index in [9.17, 15) is 56.8 Å². The third-order valence-electron chi connectivity index (χ3n) is 22.4. The van der Waals surface area contributed by atoms with Gasteiger partial charge in [-0.3, -0.25) is 14.1 Å². The first-order valence-corrected chi connectivity index (χ1v) is 30.8. The van der Waals surface area contributed by atoms with Gasteiger partial charge in [-0.2, -0.15) is 8.42 Å². The first-order valence-electron chi connectivity index (χ1n) is 27.4. The van der Waals surface area contributed by atoms with Gasteiger partial charge in [-0.25, -0.2) is 18.4 Å². The molecule has 10 N–H and O–H groups in total. The van der Waals surface area contributed by atoms with E-state index in [1.807, 2.05) is 0 Å². The van der Waals surface area contributed by atoms with Crippen LogP contribution in [0.3, 0.4) is 0 Å². The normalized spacial score (nSPS) is 44.6. The van der Waals surface area contributed by atoms with Crippen LogP contribution in [0.25, 0.3) is 0 Å². The number of hydrogen-bond donors (Lipinski definition) is 9. The molecule has 8 rings (SSSR count). The van der Waals surface area contributed by atoms with Crippen molar-refractivity contribution in [2.24, 2.45) is 97.8 Å². The van der Waals surface area contributed by atoms with Crippen LogP contribution >= 0.6 is 0 Å². The molecule has 0 aromatic rings. The molecule has 0 heterocycles. The molecule has 0 spiro atoms. The fraction of sp³-hybridized carbons (Fsp3) is 0.943. The smallest absolute Gasteiger partial charge is 0.335 e. The average Bonchev–Trinajstić information content (AvgIpc) is 3.82. The lowest BCUT2D eigenvalue weighted by Gasteiger charge is -2.63. The van der Waals surface area contributed by atoms with Crippen molar-refractivity contribution < 1.29 is 61.3 Å². The van der Waals surface area contributed by atoms with Gasteiger partial charge in [0.05, 0.1) is 29.8 Å². The van der Waals surface area contributed by atoms with Crippen LogP contribution in [0, 0.1) is 92.7 Å². The van der Waals surface area contributed by atoms with Crippen molar-refractivity contribution in [3.05, 3.63) is 0 Å². The number of aliphatic hydroxyl groups is 4. The molecule has 8 saturated carbocycles. The Morgan fingerprint density at radius 2 is 1.04 bits per heavy atom. The number of aliphatic hydroxyl groups excluding tert-OH is 3. The minimum atomic E-state index is -4.06. The Kier molecular flexibility index (Phi) is 17.0. The lowest BCUT2D eigenvalue weighted by atomic mass is 9.43. The summed E-state index contributed by atoms with van der Waals surface area (Å²) in [7, 11) is -7.66. The first-order chi connectivity index (χ1) is 33.0. The highest BCUT2D eigenvalue weighted by molar-refractivity contribution is 7.89. The molecule has 0 bridgehead atoms. The molecular weight excluding hydrogens is 951 g/mol. The zero-order valence-corrected chi connectivity index (χ0v) is 45.2. The lowest BCUT2D eigenvalue weighted by molar-refractivity contribution is -0.199. The number of sulfonamides is 1. The number of fused-ring (bicyclic) bond motifs is 10. The average molecular weight is 1040 g/mol. The largest absolute Gasteiger partial charge is 0.479 e. The second kappa shape index (κ2) is 21.2. The van der Waals surface area contributed by atoms with E-state index in [4.69, 9.17) is 9.69 Å². The van der Waals surface area contributed by atoms with Gasteiger partial charge in [-0.15, -0.1) is 0 Å². The maximum Gasteiger partial charge on any atom is 0.335 e. The number of rotatable bonds is 15. The Bertz CT molecular complexity index is 2170. The van der Waals surface area contributed by atoms with Gasteiger partial charge in [0.15, 0.2) is 5.60 Å². The molecule has 8 fully saturated rings. The summed E-state index contributed by atoms with van der Waals surface area (Å²) in [6.45, 7) is 13.9. The maximum absolute atomic E-state index is 12.3. The molecule has 0 saturated heterocycles. The monoisotopic (exact) mass is 1040 g/mol. The third kappa shape index (κ3) is 11.6. The number of nitrogens with two attached hydrogens (primary N) is 1. The molecule has 5 unspecified atom stereocenters. The molecule has 0 radical (unpaired) electrons. The molecule has 20 atom stereocenters. The number of primary sulfonamides is 1. The summed E-state index contributed by atoms with van der Waals surface area (Å²) in [5, 5.41) is 63.6. The zero-order chi connectivity index (χ0) is 52.3. The minimum Gasteiger partial charge on any atom is -0.479 e. The molecule has 8 aliphatic carbocycles. The van der Waals surface area contributed by atoms with Crippen LogP contribution in [0.1, 0.15) is 170 Å². The molecule has 71 heavy (non-hydrogen) atoms. The quantitative estimate of drug-likeness (QED) is 0.0898. The van der Waals surface area contributed by atoms with Crippen molar-refractivity contribution in [1.29, 1.82) is 0 Å². The topological polar surface area (TPSA) is 291 Å². The predicted molar refractivity (Wildman–Crippen MR) is 269 cm³/mol. The van der Waals surface area contributed by atoms with E-state index in [1.54, 1.807) is 0 Å². The van der Waals surface area contributed by atoms with Gasteiger partial charge < -0.3 is 36.2 Å². The number of hydrogen-bond acceptors (Lipinski definition) is 11. The Labute approximate surface area is 424 Å². The van der Waals surface area contributed by atoms with Crippen LogP contribution in [-0.2, 0) is 34.5 Å². The van der Waals surface area contributed by atoms with Crippen molar-refractivity contribution >= 4 is 37.9 Å². The third-order valence-corrected chi connectivity index (χ3v) is 23.9. The molecule has 0 aliphatic heterocycles. The summed E-state index contributed by atoms with van der Waals surface area (Å²) in [5.74, 6) is 2.25. The van der Waals surface area contributed by atoms with E-state index >= 15 is 0 Å². The number of carboxylic acid groups (broad SMARTS) is 1. The van der Waals surface area contributed by atoms with Crippen LogP contribution in [0.15, 0.2) is 0 Å². The molecule has 16 nitrogen and oxygen atoms in total. The standard InChI is InChI=1S/C27H46N2O7S.C26H45NO6S/c1-16(4-7-22(31)29-12-13-37(28,35)36)18-5-6-19-23-20(8-9-26(18,19)3)25(2)10-11-27(34,24(32)33)15-17(25)14-21(23)30;1-16(4-7-23(30)27-12-13-34(31,32)33)19-5-6-20-24-21(9-11-26(19,20)3)25(2)10-8-18(28)14-17(25)15-22(24)29/h16-21,23,30,34H,4-15H2,1-3H3,(H,29,31)(H,32,33)(H2,28,35,36);16-22,24,28-29H,4-15H2,1-3H3,(H,27,30)(H,31,32,33)/t16-,17?,18-,19+,20+,21+,23+,25+,26-,27-;16-,17?,18-,19-,20?,21?,22+,24?,25+,26-/m11/s1. The number of carboxylic acids is 1. The lowest BCUT2D eigenvalue weighted by Crippen LogP contribution is -2.61. The van der Waals surface area contributed by atoms with Crippen LogP contribution in [0.5, 0.6) is 0 Å². The Hall–Kier alpha value is -1.93. The molecule has 18 heteroatoms. The van der Waals surface area contributed by atoms with E-state index in [0.29, 0.717) is 84.9 Å². The van der Waals surface area contributed by atoms with E-state index in [2.05, 4.69) is 52.2 Å². The number of carbonyl (C=O) groups is 3. The Balaban J connectivity index is 0.000000209. The van der Waals surface area contributed by atoms with E-state index in [0.717, 1.165) is 83.5 Å². The van der Waals surface area contributed by atoms with Crippen LogP contribution in [0.4, 0.5) is 0 Å². The summed E-state index contributed by atoms with van der Waals surface area (Å²) in [4.78, 5) is 36.2. The highest BCUT2D eigenvalue weighted by atomic mass is 32.2. The van der Waals surface area contributed by atoms with Crippen molar-refractivity contribution in [1.82, 2.24) is 10.6 Å². The van der Waals surface area contributed by atoms with Crippen molar-refractivity contribution in [3.8, 4) is 0 Å². The maximum atomic E-state index is 12.3. The molecule has 0 aromatic heterocycles. The van der Waals surface area contributed by atoms with Gasteiger partial charge in [-0.1, -0.05) is 41.5 Å². The Morgan fingerprint density at radius 3 is 1.51 bits per heavy atom. The molecule has 8 aliphatic rings. The van der Waals surface area contributed by atoms with Crippen molar-refractivity contribution in [3.63, 3.8) is 0 Å². The molecule has 0 aromatic carbocycles. The van der Waals surface area contributed by atoms with E-state index < -0.39 is 43.6 Å². The number of carbonyl (C=O) groups excluding carboxylic acids is 2. The number of nitrogens with one attached hydrogen (secondary N) is 2. The second-order valence-electron chi connectivity index (χ2n) is 25.9. The minimum absolute atomic E-state index is 0.00634. The van der Waals surface area contributed by atoms with Gasteiger partial charge in [0.2, 0.25) is 21.8 Å². The molecular formula is C53H91N3O13S2. The van der Waals surface area contributed by atoms with Crippen molar-refractivity contribution in [2.45, 2.75) is 194 Å². The van der Waals surface area contributed by atoms with Gasteiger partial charge in [-0.05, 0) is 208 Å². The highest BCUT2D eigenvalue weighted by Gasteiger charge is 2.66. The SMILES string of the molecule is C[C@H](CCC(=O)NCCS(=O)(=O)O)[C@H]1CCC2C3C(CC[C@@]21C)[C@@]1(C)CC[C@@H](O)CC1C[C@@H]3O.C[C@H](CCC(=O)NCCS(N)(=O)=O)[C@H]1CC[C@H]2[C@@H]3[C@@H](O)CC4C[C@@](O)(C(=O)O)CC[C@]4(C)[C@H]3CC[C@]12C. The van der Waals surface area contributed by atoms with Gasteiger partial charge in [0.1, 0.15) is 0 Å². The summed E-state index contributed by atoms with van der Waals surface area (Å²) in [6, 6.07) is 0. The number of amides is 2. The first kappa shape index (κ1) is 56.8. The van der Waals surface area contributed by atoms with Gasteiger partial charge >= 0.3 is 5.97 Å². The summed E-state index contributed by atoms with van der Waals surface area (Å²) >= 11 is 0. The van der Waals surface area contributed by atoms with Gasteiger partial charge in [0, 0.05) is 25.9 Å².